The minimum atomic E-state index is 0.00646. The summed E-state index contributed by atoms with van der Waals surface area (Å²) in [6.45, 7) is 8.58. The lowest BCUT2D eigenvalue weighted by atomic mass is 10.2. The van der Waals surface area contributed by atoms with Crippen LogP contribution in [0.4, 0.5) is 11.6 Å². The van der Waals surface area contributed by atoms with Gasteiger partial charge in [0, 0.05) is 51.7 Å². The lowest BCUT2D eigenvalue weighted by molar-refractivity contribution is 0.0746. The lowest BCUT2D eigenvalue weighted by Crippen LogP contribution is -2.49. The smallest absolute Gasteiger partial charge is 0.255 e. The zero-order valence-electron chi connectivity index (χ0n) is 15.8. The second-order valence-corrected chi connectivity index (χ2v) is 6.37. The van der Waals surface area contributed by atoms with E-state index >= 15 is 0 Å². The van der Waals surface area contributed by atoms with E-state index < -0.39 is 0 Å². The van der Waals surface area contributed by atoms with Crippen molar-refractivity contribution in [1.29, 1.82) is 5.26 Å². The summed E-state index contributed by atoms with van der Waals surface area (Å²) >= 11 is 0. The Hall–Kier alpha value is -3.14. The van der Waals surface area contributed by atoms with Crippen LogP contribution in [-0.4, -0.2) is 60.0 Å². The van der Waals surface area contributed by atoms with E-state index in [1.165, 1.54) is 0 Å². The number of carbonyl (C=O) groups is 1. The Morgan fingerprint density at radius 3 is 2.48 bits per heavy atom. The second kappa shape index (κ2) is 8.49. The molecule has 7 heteroatoms. The van der Waals surface area contributed by atoms with Gasteiger partial charge in [-0.25, -0.2) is 9.97 Å². The van der Waals surface area contributed by atoms with Crippen molar-refractivity contribution in [3.05, 3.63) is 47.8 Å². The molecule has 27 heavy (non-hydrogen) atoms. The number of amides is 1. The van der Waals surface area contributed by atoms with Crippen LogP contribution in [-0.2, 0) is 0 Å². The number of rotatable bonds is 5. The van der Waals surface area contributed by atoms with Gasteiger partial charge in [0.25, 0.3) is 5.91 Å². The number of anilines is 2. The Kier molecular flexibility index (Phi) is 5.87. The molecule has 0 saturated carbocycles. The van der Waals surface area contributed by atoms with Crippen LogP contribution < -0.4 is 9.80 Å². The standard InChI is InChI=1S/C20H24N6O/c1-3-24(4-2)18-6-5-17(15-23-18)20(27)26-11-9-25(10-12-26)19-13-16(14-21)7-8-22-19/h5-8,13,15H,3-4,9-12H2,1-2H3. The third kappa shape index (κ3) is 4.17. The summed E-state index contributed by atoms with van der Waals surface area (Å²) in [5.41, 5.74) is 1.21. The highest BCUT2D eigenvalue weighted by Crippen LogP contribution is 2.17. The molecule has 0 N–H and O–H groups in total. The highest BCUT2D eigenvalue weighted by molar-refractivity contribution is 5.94. The van der Waals surface area contributed by atoms with Crippen LogP contribution in [0.5, 0.6) is 0 Å². The van der Waals surface area contributed by atoms with Crippen LogP contribution in [0.25, 0.3) is 0 Å². The normalized spacial score (nSPS) is 14.0. The van der Waals surface area contributed by atoms with Gasteiger partial charge in [-0.05, 0) is 38.1 Å². The highest BCUT2D eigenvalue weighted by atomic mass is 16.2. The van der Waals surface area contributed by atoms with E-state index in [4.69, 9.17) is 5.26 Å². The van der Waals surface area contributed by atoms with E-state index in [1.807, 2.05) is 17.0 Å². The van der Waals surface area contributed by atoms with Crippen molar-refractivity contribution in [2.45, 2.75) is 13.8 Å². The number of pyridine rings is 2. The highest BCUT2D eigenvalue weighted by Gasteiger charge is 2.23. The molecule has 2 aromatic heterocycles. The van der Waals surface area contributed by atoms with E-state index in [1.54, 1.807) is 24.5 Å². The Morgan fingerprint density at radius 1 is 1.15 bits per heavy atom. The fraction of sp³-hybridized carbons (Fsp3) is 0.400. The summed E-state index contributed by atoms with van der Waals surface area (Å²) in [5, 5.41) is 9.03. The molecule has 0 bridgehead atoms. The molecule has 1 aliphatic heterocycles. The van der Waals surface area contributed by atoms with E-state index in [2.05, 4.69) is 39.7 Å². The first-order chi connectivity index (χ1) is 13.2. The van der Waals surface area contributed by atoms with Crippen molar-refractivity contribution in [1.82, 2.24) is 14.9 Å². The number of nitrogens with zero attached hydrogens (tertiary/aromatic N) is 6. The molecule has 0 aliphatic carbocycles. The molecular formula is C20H24N6O. The SMILES string of the molecule is CCN(CC)c1ccc(C(=O)N2CCN(c3cc(C#N)ccn3)CC2)cn1. The maximum atomic E-state index is 12.8. The molecule has 2 aromatic rings. The molecule has 1 saturated heterocycles. The predicted octanol–water partition coefficient (Wildman–Crippen LogP) is 2.16. The first-order valence-electron chi connectivity index (χ1n) is 9.27. The second-order valence-electron chi connectivity index (χ2n) is 6.37. The third-order valence-corrected chi connectivity index (χ3v) is 4.85. The fourth-order valence-electron chi connectivity index (χ4n) is 3.23. The van der Waals surface area contributed by atoms with Crippen LogP contribution in [0.2, 0.25) is 0 Å². The molecule has 7 nitrogen and oxygen atoms in total. The zero-order chi connectivity index (χ0) is 19.2. The molecular weight excluding hydrogens is 340 g/mol. The summed E-state index contributed by atoms with van der Waals surface area (Å²) in [6, 6.07) is 9.38. The van der Waals surface area contributed by atoms with Gasteiger partial charge in [0.2, 0.25) is 0 Å². The van der Waals surface area contributed by atoms with Gasteiger partial charge in [-0.3, -0.25) is 4.79 Å². The lowest BCUT2D eigenvalue weighted by Gasteiger charge is -2.35. The molecule has 0 radical (unpaired) electrons. The monoisotopic (exact) mass is 364 g/mol. The van der Waals surface area contributed by atoms with Crippen molar-refractivity contribution < 1.29 is 4.79 Å². The summed E-state index contributed by atoms with van der Waals surface area (Å²) < 4.78 is 0. The van der Waals surface area contributed by atoms with Crippen molar-refractivity contribution in [3.63, 3.8) is 0 Å². The van der Waals surface area contributed by atoms with E-state index in [9.17, 15) is 4.79 Å². The van der Waals surface area contributed by atoms with Crippen LogP contribution in [0.15, 0.2) is 36.7 Å². The number of hydrogen-bond donors (Lipinski definition) is 0. The van der Waals surface area contributed by atoms with Crippen LogP contribution in [0.1, 0.15) is 29.8 Å². The minimum absolute atomic E-state index is 0.00646. The van der Waals surface area contributed by atoms with Gasteiger partial charge >= 0.3 is 0 Å². The molecule has 0 spiro atoms. The van der Waals surface area contributed by atoms with E-state index in [-0.39, 0.29) is 5.91 Å². The van der Waals surface area contributed by atoms with Crippen molar-refractivity contribution in [2.75, 3.05) is 49.1 Å². The molecule has 0 aromatic carbocycles. The Morgan fingerprint density at radius 2 is 1.89 bits per heavy atom. The fourth-order valence-corrected chi connectivity index (χ4v) is 3.23. The van der Waals surface area contributed by atoms with Crippen molar-refractivity contribution >= 4 is 17.5 Å². The Bertz CT molecular complexity index is 817. The van der Waals surface area contributed by atoms with Gasteiger partial charge < -0.3 is 14.7 Å². The van der Waals surface area contributed by atoms with Crippen LogP contribution in [0.3, 0.4) is 0 Å². The number of hydrogen-bond acceptors (Lipinski definition) is 6. The summed E-state index contributed by atoms with van der Waals surface area (Å²) in [7, 11) is 0. The van der Waals surface area contributed by atoms with Crippen LogP contribution >= 0.6 is 0 Å². The minimum Gasteiger partial charge on any atom is -0.357 e. The summed E-state index contributed by atoms with van der Waals surface area (Å²) in [4.78, 5) is 27.6. The average Bonchev–Trinajstić information content (AvgIpc) is 2.75. The van der Waals surface area contributed by atoms with E-state index in [0.717, 1.165) is 24.7 Å². The number of nitriles is 1. The predicted molar refractivity (Wildman–Crippen MR) is 105 cm³/mol. The van der Waals surface area contributed by atoms with Crippen LogP contribution in [0, 0.1) is 11.3 Å². The third-order valence-electron chi connectivity index (χ3n) is 4.85. The molecule has 3 heterocycles. The topological polar surface area (TPSA) is 76.4 Å². The summed E-state index contributed by atoms with van der Waals surface area (Å²) in [5.74, 6) is 1.68. The molecule has 0 atom stereocenters. The van der Waals surface area contributed by atoms with Gasteiger partial charge in [-0.2, -0.15) is 5.26 Å². The quantitative estimate of drug-likeness (QED) is 0.809. The average molecular weight is 364 g/mol. The van der Waals surface area contributed by atoms with Gasteiger partial charge in [0.1, 0.15) is 11.6 Å². The molecule has 1 aliphatic rings. The first kappa shape index (κ1) is 18.6. The maximum absolute atomic E-state index is 12.8. The number of aromatic nitrogens is 2. The zero-order valence-corrected chi connectivity index (χ0v) is 15.8. The van der Waals surface area contributed by atoms with Gasteiger partial charge in [0.15, 0.2) is 0 Å². The molecule has 0 unspecified atom stereocenters. The van der Waals surface area contributed by atoms with Crippen molar-refractivity contribution in [3.8, 4) is 6.07 Å². The van der Waals surface area contributed by atoms with Gasteiger partial charge in [0.05, 0.1) is 17.2 Å². The molecule has 1 amide bonds. The summed E-state index contributed by atoms with van der Waals surface area (Å²) in [6.07, 6.45) is 3.31. The van der Waals surface area contributed by atoms with Gasteiger partial charge in [-0.1, -0.05) is 0 Å². The molecule has 140 valence electrons. The van der Waals surface area contributed by atoms with Gasteiger partial charge in [-0.15, -0.1) is 0 Å². The molecule has 1 fully saturated rings. The maximum Gasteiger partial charge on any atom is 0.255 e. The number of carbonyl (C=O) groups excluding carboxylic acids is 1. The van der Waals surface area contributed by atoms with Crippen molar-refractivity contribution in [2.24, 2.45) is 0 Å². The Balaban J connectivity index is 1.62. The number of piperazine rings is 1. The van der Waals surface area contributed by atoms with E-state index in [0.29, 0.717) is 37.3 Å². The molecule has 3 rings (SSSR count). The Labute approximate surface area is 159 Å². The largest absolute Gasteiger partial charge is 0.357 e. The first-order valence-corrected chi connectivity index (χ1v) is 9.27.